The summed E-state index contributed by atoms with van der Waals surface area (Å²) in [5, 5.41) is 2.01. The van der Waals surface area contributed by atoms with Gasteiger partial charge in [-0.1, -0.05) is 19.9 Å². The molecule has 0 N–H and O–H groups in total. The molecule has 33 heavy (non-hydrogen) atoms. The van der Waals surface area contributed by atoms with Crippen LogP contribution in [0, 0.1) is 5.92 Å². The van der Waals surface area contributed by atoms with Gasteiger partial charge in [-0.3, -0.25) is 9.36 Å². The number of amides is 1. The molecule has 1 aromatic carbocycles. The van der Waals surface area contributed by atoms with E-state index in [4.69, 9.17) is 18.6 Å². The summed E-state index contributed by atoms with van der Waals surface area (Å²) in [4.78, 5) is 21.3. The Morgan fingerprint density at radius 2 is 2.24 bits per heavy atom. The van der Waals surface area contributed by atoms with E-state index >= 15 is 0 Å². The van der Waals surface area contributed by atoms with Gasteiger partial charge >= 0.3 is 0 Å². The smallest absolute Gasteiger partial charge is 0.274 e. The third kappa shape index (κ3) is 3.97. The van der Waals surface area contributed by atoms with Crippen molar-refractivity contribution in [3.05, 3.63) is 52.2 Å². The van der Waals surface area contributed by atoms with E-state index in [0.717, 1.165) is 46.2 Å². The molecule has 4 heterocycles. The van der Waals surface area contributed by atoms with Crippen LogP contribution in [0.4, 0.5) is 0 Å². The normalized spacial score (nSPS) is 19.1. The van der Waals surface area contributed by atoms with Crippen molar-refractivity contribution < 1.29 is 18.4 Å². The highest BCUT2D eigenvalue weighted by atomic mass is 32.1. The van der Waals surface area contributed by atoms with Gasteiger partial charge in [-0.05, 0) is 66.3 Å². The minimum Gasteiger partial charge on any atom is -0.496 e. The molecule has 1 atom stereocenters. The molecule has 1 unspecified atom stereocenters. The molecule has 0 saturated carbocycles. The maximum atomic E-state index is 13.7. The van der Waals surface area contributed by atoms with Gasteiger partial charge in [0.2, 0.25) is 0 Å². The van der Waals surface area contributed by atoms with E-state index in [0.29, 0.717) is 31.0 Å². The fraction of sp³-hybridized carbons (Fsp3) is 0.462. The van der Waals surface area contributed by atoms with Crippen LogP contribution in [-0.4, -0.2) is 53.7 Å². The van der Waals surface area contributed by atoms with Crippen molar-refractivity contribution in [3.63, 3.8) is 0 Å². The summed E-state index contributed by atoms with van der Waals surface area (Å²) in [7, 11) is -0.758. The van der Waals surface area contributed by atoms with E-state index in [2.05, 4.69) is 30.5 Å². The number of thiophene rings is 1. The van der Waals surface area contributed by atoms with Gasteiger partial charge in [-0.15, -0.1) is 11.3 Å². The van der Waals surface area contributed by atoms with Gasteiger partial charge < -0.3 is 14.4 Å². The Labute approximate surface area is 203 Å². The van der Waals surface area contributed by atoms with Crippen molar-refractivity contribution >= 4 is 17.2 Å². The SMILES string of the molecule is [2H]C([2H])([2H])OC1CCN(C(=O)c2nc(-c3cccs3)n3c2CCc2cc(OC)c(CC(C)C)cc2-3)C1. The van der Waals surface area contributed by atoms with Crippen LogP contribution in [0.5, 0.6) is 5.75 Å². The summed E-state index contributed by atoms with van der Waals surface area (Å²) in [6.45, 7) is 5.08. The number of aromatic nitrogens is 2. The first-order chi connectivity index (χ1) is 17.1. The van der Waals surface area contributed by atoms with Crippen LogP contribution < -0.4 is 4.74 Å². The standard InChI is InChI=1S/C26H31N3O3S/c1-16(2)12-18-13-21-17(14-22(18)32-4)7-8-20-24(26(30)28-10-9-19(15-28)31-3)27-25(29(20)21)23-6-5-11-33-23/h5-6,11,13-14,16,19H,7-10,12,15H2,1-4H3/i3D3. The van der Waals surface area contributed by atoms with Gasteiger partial charge in [0, 0.05) is 20.1 Å². The second kappa shape index (κ2) is 8.95. The average Bonchev–Trinajstić information content (AvgIpc) is 3.56. The lowest BCUT2D eigenvalue weighted by atomic mass is 9.94. The quantitative estimate of drug-likeness (QED) is 0.523. The summed E-state index contributed by atoms with van der Waals surface area (Å²) < 4.78 is 35.2. The van der Waals surface area contributed by atoms with E-state index in [1.807, 2.05) is 17.5 Å². The molecule has 7 heteroatoms. The van der Waals surface area contributed by atoms with Crippen LogP contribution >= 0.6 is 11.3 Å². The maximum absolute atomic E-state index is 13.7. The summed E-state index contributed by atoms with van der Waals surface area (Å²) in [5.41, 5.74) is 4.71. The van der Waals surface area contributed by atoms with E-state index in [9.17, 15) is 4.79 Å². The third-order valence-corrected chi connectivity index (χ3v) is 7.36. The number of nitrogens with zero attached hydrogens (tertiary/aromatic N) is 3. The molecule has 0 spiro atoms. The number of rotatable bonds is 6. The molecule has 2 aromatic heterocycles. The number of carbonyl (C=O) groups is 1. The topological polar surface area (TPSA) is 56.6 Å². The molecule has 3 aromatic rings. The average molecular weight is 469 g/mol. The van der Waals surface area contributed by atoms with Gasteiger partial charge in [-0.25, -0.2) is 4.98 Å². The summed E-state index contributed by atoms with van der Waals surface area (Å²) in [5.74, 6) is 1.96. The van der Waals surface area contributed by atoms with Gasteiger partial charge in [0.15, 0.2) is 11.5 Å². The molecule has 2 aliphatic heterocycles. The fourth-order valence-corrected chi connectivity index (χ4v) is 5.65. The highest BCUT2D eigenvalue weighted by molar-refractivity contribution is 7.13. The van der Waals surface area contributed by atoms with E-state index in [1.165, 1.54) is 5.56 Å². The molecule has 5 rings (SSSR count). The van der Waals surface area contributed by atoms with Gasteiger partial charge in [0.05, 0.1) is 33.6 Å². The zero-order valence-corrected chi connectivity index (χ0v) is 20.1. The monoisotopic (exact) mass is 468 g/mol. The summed E-state index contributed by atoms with van der Waals surface area (Å²) >= 11 is 1.59. The Kier molecular flexibility index (Phi) is 5.09. The van der Waals surface area contributed by atoms with E-state index < -0.39 is 13.1 Å². The highest BCUT2D eigenvalue weighted by Crippen LogP contribution is 2.38. The molecule has 174 valence electrons. The Balaban J connectivity index is 1.57. The lowest BCUT2D eigenvalue weighted by Crippen LogP contribution is -2.31. The largest absolute Gasteiger partial charge is 0.496 e. The van der Waals surface area contributed by atoms with Crippen molar-refractivity contribution in [2.75, 3.05) is 27.2 Å². The van der Waals surface area contributed by atoms with E-state index in [1.54, 1.807) is 23.3 Å². The van der Waals surface area contributed by atoms with E-state index in [-0.39, 0.29) is 12.5 Å². The number of ether oxygens (including phenoxy) is 2. The Morgan fingerprint density at radius 3 is 2.97 bits per heavy atom. The number of methoxy groups -OCH3 is 2. The number of hydrogen-bond donors (Lipinski definition) is 0. The minimum atomic E-state index is -2.47. The predicted molar refractivity (Wildman–Crippen MR) is 131 cm³/mol. The number of carbonyl (C=O) groups excluding carboxylic acids is 1. The molecule has 6 nitrogen and oxygen atoms in total. The summed E-state index contributed by atoms with van der Waals surface area (Å²) in [6, 6.07) is 8.34. The fourth-order valence-electron chi connectivity index (χ4n) is 4.95. The number of likely N-dealkylation sites (tertiary alicyclic amines) is 1. The van der Waals surface area contributed by atoms with Gasteiger partial charge in [-0.2, -0.15) is 0 Å². The molecule has 0 aliphatic carbocycles. The molecular formula is C26H31N3O3S. The highest BCUT2D eigenvalue weighted by Gasteiger charge is 2.34. The van der Waals surface area contributed by atoms with Crippen molar-refractivity contribution in [2.24, 2.45) is 5.92 Å². The van der Waals surface area contributed by atoms with Crippen LogP contribution in [0.3, 0.4) is 0 Å². The second-order valence-electron chi connectivity index (χ2n) is 9.21. The van der Waals surface area contributed by atoms with Crippen LogP contribution in [0.25, 0.3) is 16.4 Å². The van der Waals surface area contributed by atoms with Crippen molar-refractivity contribution in [1.29, 1.82) is 0 Å². The second-order valence-corrected chi connectivity index (χ2v) is 10.2. The first-order valence-corrected chi connectivity index (χ1v) is 12.4. The van der Waals surface area contributed by atoms with Crippen LogP contribution in [0.2, 0.25) is 0 Å². The van der Waals surface area contributed by atoms with Gasteiger partial charge in [0.25, 0.3) is 5.91 Å². The molecular weight excluding hydrogens is 434 g/mol. The molecule has 2 aliphatic rings. The number of imidazole rings is 1. The third-order valence-electron chi connectivity index (χ3n) is 6.50. The number of benzene rings is 1. The zero-order chi connectivity index (χ0) is 25.6. The lowest BCUT2D eigenvalue weighted by molar-refractivity contribution is 0.0718. The van der Waals surface area contributed by atoms with Crippen molar-refractivity contribution in [1.82, 2.24) is 14.5 Å². The van der Waals surface area contributed by atoms with Crippen molar-refractivity contribution in [3.8, 4) is 22.1 Å². The number of aryl methyl sites for hydroxylation is 1. The Morgan fingerprint density at radius 1 is 1.36 bits per heavy atom. The van der Waals surface area contributed by atoms with Crippen LogP contribution in [0.15, 0.2) is 29.6 Å². The number of hydrogen-bond acceptors (Lipinski definition) is 5. The molecule has 0 radical (unpaired) electrons. The minimum absolute atomic E-state index is 0.169. The Bertz CT molecular complexity index is 1270. The first kappa shape index (κ1) is 18.7. The Hall–Kier alpha value is -2.64. The molecule has 1 saturated heterocycles. The predicted octanol–water partition coefficient (Wildman–Crippen LogP) is 4.77. The lowest BCUT2D eigenvalue weighted by Gasteiger charge is -2.24. The molecule has 1 fully saturated rings. The maximum Gasteiger partial charge on any atom is 0.274 e. The van der Waals surface area contributed by atoms with Crippen LogP contribution in [0.1, 0.15) is 51.7 Å². The molecule has 0 bridgehead atoms. The summed E-state index contributed by atoms with van der Waals surface area (Å²) in [6.07, 6.45) is 2.36. The molecule has 1 amide bonds. The first-order valence-electron chi connectivity index (χ1n) is 13.0. The zero-order valence-electron chi connectivity index (χ0n) is 22.3. The number of fused-ring (bicyclic) bond motifs is 3. The van der Waals surface area contributed by atoms with Crippen molar-refractivity contribution in [2.45, 2.75) is 45.6 Å². The van der Waals surface area contributed by atoms with Crippen LogP contribution in [-0.2, 0) is 24.0 Å². The van der Waals surface area contributed by atoms with Gasteiger partial charge in [0.1, 0.15) is 5.75 Å².